The molecule has 4 aromatic rings. The van der Waals surface area contributed by atoms with Crippen LogP contribution in [0.5, 0.6) is 23.0 Å². The molecule has 0 N–H and O–H groups in total. The van der Waals surface area contributed by atoms with E-state index in [-0.39, 0.29) is 21.7 Å². The van der Waals surface area contributed by atoms with Crippen LogP contribution in [-0.4, -0.2) is 0 Å². The molecule has 0 aromatic heterocycles. The summed E-state index contributed by atoms with van der Waals surface area (Å²) >= 11 is 0. The minimum Gasteiger partial charge on any atom is -0.558 e. The summed E-state index contributed by atoms with van der Waals surface area (Å²) in [4.78, 5) is 39.9. The largest absolute Gasteiger partial charge is 4.00 e. The van der Waals surface area contributed by atoms with Crippen LogP contribution in [-0.2, 0) is 40.0 Å². The number of hydrogen-bond acceptors (Lipinski definition) is 12. The molecule has 0 heterocycles. The van der Waals surface area contributed by atoms with E-state index in [0.717, 1.165) is 0 Å². The van der Waals surface area contributed by atoms with E-state index in [1.54, 1.807) is 121 Å². The summed E-state index contributed by atoms with van der Waals surface area (Å²) in [6, 6.07) is 33.3. The van der Waals surface area contributed by atoms with E-state index in [1.165, 1.54) is 0 Å². The van der Waals surface area contributed by atoms with Gasteiger partial charge in [-0.15, -0.1) is 0 Å². The number of benzene rings is 4. The minimum absolute atomic E-state index is 0. The van der Waals surface area contributed by atoms with Gasteiger partial charge in [-0.3, -0.25) is 18.1 Å². The molecule has 0 amide bonds. The Bertz CT molecular complexity index is 1100. The van der Waals surface area contributed by atoms with Crippen molar-refractivity contribution in [1.29, 1.82) is 0 Å². The molecule has 0 saturated heterocycles. The molecular weight excluding hydrogens is 652 g/mol. The Morgan fingerprint density at radius 3 is 0.610 bits per heavy atom. The SMILES string of the molecule is O=[P+]([O-])Oc1ccccc1.O=[P+]([O-])Oc1ccccc1.O=[P+]([O-])Oc1ccccc1.O=[P+]([O-])Oc1ccccc1.[Ti+4]. The van der Waals surface area contributed by atoms with E-state index in [9.17, 15) is 37.8 Å². The first-order valence-corrected chi connectivity index (χ1v) is 15.0. The van der Waals surface area contributed by atoms with Gasteiger partial charge >= 0.3 is 54.7 Å². The molecule has 41 heavy (non-hydrogen) atoms. The van der Waals surface area contributed by atoms with E-state index in [4.69, 9.17) is 0 Å². The van der Waals surface area contributed by atoms with Crippen molar-refractivity contribution in [3.63, 3.8) is 0 Å². The molecule has 12 nitrogen and oxygen atoms in total. The van der Waals surface area contributed by atoms with Gasteiger partial charge in [0.05, 0.1) is 0 Å². The second-order valence-electron chi connectivity index (χ2n) is 6.51. The van der Waals surface area contributed by atoms with Crippen molar-refractivity contribution in [1.82, 2.24) is 0 Å². The second kappa shape index (κ2) is 23.7. The maximum atomic E-state index is 9.98. The van der Waals surface area contributed by atoms with E-state index < -0.39 is 33.0 Å². The van der Waals surface area contributed by atoms with Crippen LogP contribution < -0.4 is 37.7 Å². The predicted octanol–water partition coefficient (Wildman–Crippen LogP) is 4.33. The predicted molar refractivity (Wildman–Crippen MR) is 139 cm³/mol. The van der Waals surface area contributed by atoms with Crippen molar-refractivity contribution < 1.29 is 77.6 Å². The molecule has 0 aliphatic heterocycles. The Balaban J connectivity index is 0.000000516. The topological polar surface area (TPSA) is 197 Å². The summed E-state index contributed by atoms with van der Waals surface area (Å²) < 4.78 is 57.4. The summed E-state index contributed by atoms with van der Waals surface area (Å²) in [5.41, 5.74) is 0. The van der Waals surface area contributed by atoms with Crippen molar-refractivity contribution >= 4 is 33.0 Å². The van der Waals surface area contributed by atoms with Gasteiger partial charge in [-0.05, 0) is 66.8 Å². The number of para-hydroxylation sites is 4. The van der Waals surface area contributed by atoms with Crippen LogP contribution in [0.2, 0.25) is 0 Å². The van der Waals surface area contributed by atoms with Gasteiger partial charge in [0, 0.05) is 0 Å². The Morgan fingerprint density at radius 2 is 0.488 bits per heavy atom. The summed E-state index contributed by atoms with van der Waals surface area (Å²) in [6.45, 7) is 0. The summed E-state index contributed by atoms with van der Waals surface area (Å²) in [7, 11) is -11.1. The van der Waals surface area contributed by atoms with Gasteiger partial charge in [-0.1, -0.05) is 72.8 Å². The van der Waals surface area contributed by atoms with Gasteiger partial charge in [-0.2, -0.15) is 0 Å². The molecule has 0 radical (unpaired) electrons. The number of hydrogen-bond donors (Lipinski definition) is 0. The maximum absolute atomic E-state index is 9.98. The molecule has 0 aliphatic rings. The van der Waals surface area contributed by atoms with Crippen molar-refractivity contribution in [3.8, 4) is 23.0 Å². The van der Waals surface area contributed by atoms with Crippen molar-refractivity contribution in [2.75, 3.05) is 0 Å². The molecule has 0 saturated carbocycles. The van der Waals surface area contributed by atoms with Gasteiger partial charge in [0.25, 0.3) is 0 Å². The molecule has 0 aliphatic carbocycles. The zero-order valence-corrected chi connectivity index (χ0v) is 25.9. The van der Waals surface area contributed by atoms with Crippen LogP contribution in [0.3, 0.4) is 0 Å². The minimum atomic E-state index is -2.78. The number of rotatable bonds is 8. The van der Waals surface area contributed by atoms with Crippen LogP contribution in [0.15, 0.2) is 121 Å². The van der Waals surface area contributed by atoms with Crippen LogP contribution in [0.1, 0.15) is 0 Å². The fourth-order valence-corrected chi connectivity index (χ4v) is 3.45. The van der Waals surface area contributed by atoms with Crippen LogP contribution in [0, 0.1) is 0 Å². The summed E-state index contributed by atoms with van der Waals surface area (Å²) in [5, 5.41) is 0. The van der Waals surface area contributed by atoms with Crippen LogP contribution in [0.4, 0.5) is 0 Å². The van der Waals surface area contributed by atoms with Gasteiger partial charge in [-0.25, -0.2) is 0 Å². The van der Waals surface area contributed by atoms with Crippen LogP contribution in [0.25, 0.3) is 0 Å². The normalized spacial score (nSPS) is 10.4. The summed E-state index contributed by atoms with van der Waals surface area (Å²) in [6.07, 6.45) is 0. The Labute approximate surface area is 254 Å². The van der Waals surface area contributed by atoms with Crippen LogP contribution >= 0.6 is 33.0 Å². The van der Waals surface area contributed by atoms with Crippen molar-refractivity contribution in [2.24, 2.45) is 0 Å². The molecule has 4 atom stereocenters. The zero-order chi connectivity index (χ0) is 29.6. The molecule has 0 spiro atoms. The molecule has 4 rings (SSSR count). The average molecular weight is 672 g/mol. The fraction of sp³-hybridized carbons (Fsp3) is 0. The molecule has 4 aromatic carbocycles. The van der Waals surface area contributed by atoms with E-state index in [2.05, 4.69) is 18.1 Å². The summed E-state index contributed by atoms with van der Waals surface area (Å²) in [5.74, 6) is 1.38. The molecule has 0 bridgehead atoms. The third kappa shape index (κ3) is 22.4. The molecule has 4 unspecified atom stereocenters. The Morgan fingerprint density at radius 1 is 0.341 bits per heavy atom. The molecule has 0 fully saturated rings. The monoisotopic (exact) mass is 672 g/mol. The van der Waals surface area contributed by atoms with E-state index >= 15 is 0 Å². The second-order valence-corrected chi connectivity index (χ2v) is 9.03. The quantitative estimate of drug-likeness (QED) is 0.190. The maximum Gasteiger partial charge on any atom is 4.00 e. The van der Waals surface area contributed by atoms with Crippen molar-refractivity contribution in [3.05, 3.63) is 121 Å². The van der Waals surface area contributed by atoms with Gasteiger partial charge in [0.2, 0.25) is 0 Å². The van der Waals surface area contributed by atoms with E-state index in [0.29, 0.717) is 23.0 Å². The first kappa shape index (κ1) is 38.0. The molecule has 17 heteroatoms. The molecular formula is C24H20O12P4Ti+4. The third-order valence-electron chi connectivity index (χ3n) is 3.69. The first-order valence-electron chi connectivity index (χ1n) is 10.7. The van der Waals surface area contributed by atoms with Gasteiger partial charge in [0.15, 0.2) is 23.0 Å². The van der Waals surface area contributed by atoms with E-state index in [1.807, 2.05) is 0 Å². The Hall–Kier alpha value is -2.97. The third-order valence-corrected chi connectivity index (χ3v) is 5.13. The van der Waals surface area contributed by atoms with Gasteiger partial charge in [0.1, 0.15) is 0 Å². The zero-order valence-electron chi connectivity index (χ0n) is 20.7. The van der Waals surface area contributed by atoms with Gasteiger partial charge < -0.3 is 19.6 Å². The fourth-order valence-electron chi connectivity index (χ4n) is 2.27. The average Bonchev–Trinajstić information content (AvgIpc) is 2.91. The molecule has 208 valence electrons. The van der Waals surface area contributed by atoms with Crippen molar-refractivity contribution in [2.45, 2.75) is 0 Å². The standard InChI is InChI=1S/4C6H5O3P.Ti/c4*7-10(8)9-6-4-2-1-3-5-6;/h4*1-5H;/q;;;;+4. The smallest absolute Gasteiger partial charge is 0.558 e. The first-order chi connectivity index (χ1) is 19.2. The Kier molecular flexibility index (Phi) is 22.0.